The molecule has 0 amide bonds. The van der Waals surface area contributed by atoms with Gasteiger partial charge >= 0.3 is 0 Å². The molecule has 0 radical (unpaired) electrons. The fourth-order valence-electron chi connectivity index (χ4n) is 2.03. The first kappa shape index (κ1) is 16.0. The van der Waals surface area contributed by atoms with E-state index in [-0.39, 0.29) is 0 Å². The largest absolute Gasteiger partial charge is 0.472 e. The van der Waals surface area contributed by atoms with Gasteiger partial charge in [-0.3, -0.25) is 0 Å². The maximum atomic E-state index is 8.95. The fourth-order valence-corrected chi connectivity index (χ4v) is 2.34. The Morgan fingerprint density at radius 3 is 2.75 bits per heavy atom. The molecule has 0 fully saturated rings. The highest BCUT2D eigenvalue weighted by Gasteiger charge is 2.07. The second-order valence-corrected chi connectivity index (χ2v) is 5.79. The summed E-state index contributed by atoms with van der Waals surface area (Å²) in [4.78, 5) is 8.58. The zero-order valence-electron chi connectivity index (χ0n) is 12.6. The summed E-state index contributed by atoms with van der Waals surface area (Å²) in [6.07, 6.45) is 1.63. The molecule has 3 rings (SSSR count). The van der Waals surface area contributed by atoms with Crippen LogP contribution in [0.2, 0.25) is 0 Å². The fraction of sp³-hybridized carbons (Fsp3) is 0.0556. The Kier molecular flexibility index (Phi) is 5.04. The summed E-state index contributed by atoms with van der Waals surface area (Å²) in [6.45, 7) is 0.416. The second kappa shape index (κ2) is 7.57. The molecule has 0 spiro atoms. The van der Waals surface area contributed by atoms with Crippen molar-refractivity contribution in [3.8, 4) is 11.9 Å². The van der Waals surface area contributed by atoms with Crippen molar-refractivity contribution in [2.75, 3.05) is 5.32 Å². The van der Waals surface area contributed by atoms with Gasteiger partial charge in [-0.15, -0.1) is 0 Å². The first-order chi connectivity index (χ1) is 11.7. The minimum atomic E-state index is 0.399. The predicted molar refractivity (Wildman–Crippen MR) is 94.9 cm³/mol. The number of rotatable bonds is 5. The number of hydrogen-bond acceptors (Lipinski definition) is 5. The summed E-state index contributed by atoms with van der Waals surface area (Å²) in [5.74, 6) is 0.851. The number of hydrogen-bond donors (Lipinski definition) is 1. The smallest absolute Gasteiger partial charge is 0.233 e. The third kappa shape index (κ3) is 4.09. The normalized spacial score (nSPS) is 10.0. The third-order valence-corrected chi connectivity index (χ3v) is 3.72. The van der Waals surface area contributed by atoms with Crippen LogP contribution in [0.1, 0.15) is 11.1 Å². The summed E-state index contributed by atoms with van der Waals surface area (Å²) >= 11 is 3.39. The van der Waals surface area contributed by atoms with Gasteiger partial charge in [0.25, 0.3) is 0 Å². The van der Waals surface area contributed by atoms with Crippen LogP contribution < -0.4 is 10.1 Å². The highest BCUT2D eigenvalue weighted by Crippen LogP contribution is 2.25. The first-order valence-corrected chi connectivity index (χ1v) is 8.00. The summed E-state index contributed by atoms with van der Waals surface area (Å²) in [7, 11) is 0. The lowest BCUT2D eigenvalue weighted by Crippen LogP contribution is -2.02. The van der Waals surface area contributed by atoms with Gasteiger partial charge in [-0.1, -0.05) is 36.4 Å². The Labute approximate surface area is 148 Å². The standard InChI is InChI=1S/C18H13BrN4O/c19-16-11-21-18(22-15-8-4-7-14(9-15)10-20)23-17(16)24-12-13-5-2-1-3-6-13/h1-9,11H,12H2,(H,21,22,23). The molecule has 0 saturated heterocycles. The van der Waals surface area contributed by atoms with Crippen molar-refractivity contribution in [3.05, 3.63) is 76.4 Å². The minimum absolute atomic E-state index is 0.399. The number of nitrogens with zero attached hydrogens (tertiary/aromatic N) is 3. The van der Waals surface area contributed by atoms with E-state index in [1.165, 1.54) is 0 Å². The van der Waals surface area contributed by atoms with Crippen LogP contribution in [0, 0.1) is 11.3 Å². The number of anilines is 2. The molecule has 1 N–H and O–H groups in total. The van der Waals surface area contributed by atoms with E-state index in [0.717, 1.165) is 11.3 Å². The van der Waals surface area contributed by atoms with Crippen molar-refractivity contribution in [2.45, 2.75) is 6.61 Å². The Hall–Kier alpha value is -2.91. The molecule has 0 aliphatic rings. The van der Waals surface area contributed by atoms with Gasteiger partial charge in [0.05, 0.1) is 22.3 Å². The molecule has 0 atom stereocenters. The molecule has 118 valence electrons. The molecule has 0 saturated carbocycles. The van der Waals surface area contributed by atoms with Crippen LogP contribution in [0.15, 0.2) is 65.3 Å². The summed E-state index contributed by atoms with van der Waals surface area (Å²) < 4.78 is 6.43. The SMILES string of the molecule is N#Cc1cccc(Nc2ncc(Br)c(OCc3ccccc3)n2)c1. The molecule has 5 nitrogen and oxygen atoms in total. The van der Waals surface area contributed by atoms with Gasteiger partial charge in [-0.05, 0) is 39.7 Å². The number of nitriles is 1. The molecule has 3 aromatic rings. The number of halogens is 1. The Morgan fingerprint density at radius 2 is 1.96 bits per heavy atom. The quantitative estimate of drug-likeness (QED) is 0.708. The van der Waals surface area contributed by atoms with Gasteiger partial charge in [0, 0.05) is 5.69 Å². The predicted octanol–water partition coefficient (Wildman–Crippen LogP) is 4.43. The Morgan fingerprint density at radius 1 is 1.12 bits per heavy atom. The van der Waals surface area contributed by atoms with Crippen LogP contribution in [0.25, 0.3) is 0 Å². The number of nitrogens with one attached hydrogen (secondary N) is 1. The van der Waals surface area contributed by atoms with Crippen LogP contribution in [0.3, 0.4) is 0 Å². The monoisotopic (exact) mass is 380 g/mol. The van der Waals surface area contributed by atoms with E-state index in [2.05, 4.69) is 37.3 Å². The van der Waals surface area contributed by atoms with Gasteiger partial charge < -0.3 is 10.1 Å². The van der Waals surface area contributed by atoms with Crippen molar-refractivity contribution in [2.24, 2.45) is 0 Å². The number of ether oxygens (including phenoxy) is 1. The lowest BCUT2D eigenvalue weighted by atomic mass is 10.2. The lowest BCUT2D eigenvalue weighted by Gasteiger charge is -2.10. The summed E-state index contributed by atoms with van der Waals surface area (Å²) in [6, 6.07) is 19.1. The van der Waals surface area contributed by atoms with Crippen LogP contribution in [0.4, 0.5) is 11.6 Å². The third-order valence-electron chi connectivity index (χ3n) is 3.18. The van der Waals surface area contributed by atoms with E-state index in [4.69, 9.17) is 10.00 Å². The van der Waals surface area contributed by atoms with Crippen molar-refractivity contribution >= 4 is 27.6 Å². The maximum Gasteiger partial charge on any atom is 0.233 e. The van der Waals surface area contributed by atoms with E-state index in [1.807, 2.05) is 36.4 Å². The zero-order chi connectivity index (χ0) is 16.8. The van der Waals surface area contributed by atoms with Crippen LogP contribution >= 0.6 is 15.9 Å². The van der Waals surface area contributed by atoms with Crippen molar-refractivity contribution in [1.82, 2.24) is 9.97 Å². The molecule has 0 unspecified atom stereocenters. The van der Waals surface area contributed by atoms with E-state index >= 15 is 0 Å². The average molecular weight is 381 g/mol. The lowest BCUT2D eigenvalue weighted by molar-refractivity contribution is 0.291. The minimum Gasteiger partial charge on any atom is -0.472 e. The van der Waals surface area contributed by atoms with Gasteiger partial charge in [-0.25, -0.2) is 4.98 Å². The molecular weight excluding hydrogens is 368 g/mol. The van der Waals surface area contributed by atoms with Crippen LogP contribution in [-0.2, 0) is 6.61 Å². The van der Waals surface area contributed by atoms with Crippen molar-refractivity contribution < 1.29 is 4.74 Å². The Bertz CT molecular complexity index is 878. The highest BCUT2D eigenvalue weighted by atomic mass is 79.9. The zero-order valence-corrected chi connectivity index (χ0v) is 14.2. The first-order valence-electron chi connectivity index (χ1n) is 7.21. The van der Waals surface area contributed by atoms with E-state index in [0.29, 0.717) is 28.5 Å². The molecule has 6 heteroatoms. The molecule has 2 aromatic carbocycles. The van der Waals surface area contributed by atoms with E-state index in [9.17, 15) is 0 Å². The van der Waals surface area contributed by atoms with E-state index in [1.54, 1.807) is 24.4 Å². The Balaban J connectivity index is 1.74. The topological polar surface area (TPSA) is 70.8 Å². The number of benzene rings is 2. The van der Waals surface area contributed by atoms with Crippen LogP contribution in [-0.4, -0.2) is 9.97 Å². The highest BCUT2D eigenvalue weighted by molar-refractivity contribution is 9.10. The molecule has 1 heterocycles. The average Bonchev–Trinajstić information content (AvgIpc) is 2.63. The molecular formula is C18H13BrN4O. The van der Waals surface area contributed by atoms with Crippen molar-refractivity contribution in [1.29, 1.82) is 5.26 Å². The summed E-state index contributed by atoms with van der Waals surface area (Å²) in [5.41, 5.74) is 2.36. The van der Waals surface area contributed by atoms with Gasteiger partial charge in [0.15, 0.2) is 0 Å². The van der Waals surface area contributed by atoms with Crippen molar-refractivity contribution in [3.63, 3.8) is 0 Å². The molecule has 24 heavy (non-hydrogen) atoms. The molecule has 0 bridgehead atoms. The van der Waals surface area contributed by atoms with E-state index < -0.39 is 0 Å². The number of aromatic nitrogens is 2. The van der Waals surface area contributed by atoms with Gasteiger partial charge in [0.2, 0.25) is 11.8 Å². The van der Waals surface area contributed by atoms with Gasteiger partial charge in [-0.2, -0.15) is 10.2 Å². The maximum absolute atomic E-state index is 8.95. The van der Waals surface area contributed by atoms with Crippen LogP contribution in [0.5, 0.6) is 5.88 Å². The second-order valence-electron chi connectivity index (χ2n) is 4.94. The molecule has 0 aliphatic heterocycles. The molecule has 1 aromatic heterocycles. The van der Waals surface area contributed by atoms with Gasteiger partial charge in [0.1, 0.15) is 6.61 Å². The molecule has 0 aliphatic carbocycles. The summed E-state index contributed by atoms with van der Waals surface area (Å²) in [5, 5.41) is 12.0.